The molecule has 2 N–H and O–H groups in total. The van der Waals surface area contributed by atoms with Crippen molar-refractivity contribution < 1.29 is 14.2 Å². The third-order valence-electron chi connectivity index (χ3n) is 1.35. The second-order valence-electron chi connectivity index (χ2n) is 2.63. The molecule has 0 saturated carbocycles. The molecule has 0 amide bonds. The second kappa shape index (κ2) is 43.1. The highest BCUT2D eigenvalue weighted by Crippen LogP contribution is 1.82. The normalized spacial score (nSPS) is 8.21. The Morgan fingerprint density at radius 2 is 0.895 bits per heavy atom. The number of hydrogen-bond donors (Lipinski definition) is 1. The van der Waals surface area contributed by atoms with E-state index in [1.807, 2.05) is 41.5 Å². The van der Waals surface area contributed by atoms with Crippen molar-refractivity contribution in [3.63, 3.8) is 0 Å². The highest BCUT2D eigenvalue weighted by atomic mass is 16.5. The van der Waals surface area contributed by atoms with Crippen LogP contribution in [0, 0.1) is 0 Å². The summed E-state index contributed by atoms with van der Waals surface area (Å²) in [5.74, 6) is 0. The van der Waals surface area contributed by atoms with Crippen LogP contribution in [0.15, 0.2) is 0 Å². The van der Waals surface area contributed by atoms with E-state index >= 15 is 0 Å². The Bertz CT molecular complexity index is 83.5. The fourth-order valence-corrected chi connectivity index (χ4v) is 0.770. The van der Waals surface area contributed by atoms with Gasteiger partial charge in [0.2, 0.25) is 0 Å². The topological polar surface area (TPSA) is 53.7 Å². The van der Waals surface area contributed by atoms with Crippen molar-refractivity contribution in [3.8, 4) is 0 Å². The minimum Gasteiger partial charge on any atom is -0.379 e. The molecule has 0 heterocycles. The van der Waals surface area contributed by atoms with Gasteiger partial charge in [-0.1, -0.05) is 48.5 Å². The molecule has 19 heavy (non-hydrogen) atoms. The Balaban J connectivity index is -0.000000163. The second-order valence-corrected chi connectivity index (χ2v) is 2.63. The highest BCUT2D eigenvalue weighted by Gasteiger charge is 1.89. The lowest BCUT2D eigenvalue weighted by atomic mass is 10.5. The minimum atomic E-state index is 0.569. The molecule has 0 aromatic heterocycles. The van der Waals surface area contributed by atoms with Gasteiger partial charge in [-0.25, -0.2) is 0 Å². The fourth-order valence-electron chi connectivity index (χ4n) is 0.770. The van der Waals surface area contributed by atoms with Crippen LogP contribution in [0.2, 0.25) is 0 Å². The van der Waals surface area contributed by atoms with E-state index in [4.69, 9.17) is 19.9 Å². The van der Waals surface area contributed by atoms with Gasteiger partial charge in [-0.15, -0.1) is 0 Å². The van der Waals surface area contributed by atoms with Gasteiger partial charge in [0, 0.05) is 13.2 Å². The molecule has 0 saturated heterocycles. The molecule has 0 spiro atoms. The average molecular weight is 281 g/mol. The largest absolute Gasteiger partial charge is 0.379 e. The van der Waals surface area contributed by atoms with Gasteiger partial charge in [0.05, 0.1) is 33.0 Å². The number of rotatable bonds is 10. The molecule has 0 atom stereocenters. The smallest absolute Gasteiger partial charge is 0.0701 e. The van der Waals surface area contributed by atoms with E-state index in [-0.39, 0.29) is 0 Å². The Morgan fingerprint density at radius 3 is 1.21 bits per heavy atom. The Labute approximate surface area is 122 Å². The van der Waals surface area contributed by atoms with Crippen LogP contribution in [-0.4, -0.2) is 46.2 Å². The number of nitrogens with two attached hydrogens (primary N) is 1. The molecule has 0 rings (SSSR count). The van der Waals surface area contributed by atoms with Crippen molar-refractivity contribution in [3.05, 3.63) is 0 Å². The molecule has 122 valence electrons. The monoisotopic (exact) mass is 281 g/mol. The summed E-state index contributed by atoms with van der Waals surface area (Å²) in [6, 6.07) is 0. The average Bonchev–Trinajstić information content (AvgIpc) is 2.52. The molecule has 0 radical (unpaired) electrons. The Hall–Kier alpha value is -0.160. The lowest BCUT2D eigenvalue weighted by Gasteiger charge is -2.05. The molecular weight excluding hydrogens is 242 g/mol. The summed E-state index contributed by atoms with van der Waals surface area (Å²) in [6.45, 7) is 18.6. The summed E-state index contributed by atoms with van der Waals surface area (Å²) in [6.07, 6.45) is 1.06. The summed E-state index contributed by atoms with van der Waals surface area (Å²) in [5, 5.41) is 0. The number of ether oxygens (including phenoxy) is 3. The first-order valence-corrected chi connectivity index (χ1v) is 7.85. The van der Waals surface area contributed by atoms with Gasteiger partial charge in [-0.3, -0.25) is 0 Å². The van der Waals surface area contributed by atoms with Crippen molar-refractivity contribution in [1.29, 1.82) is 0 Å². The van der Waals surface area contributed by atoms with E-state index in [0.717, 1.165) is 13.0 Å². The van der Waals surface area contributed by atoms with Crippen LogP contribution in [-0.2, 0) is 14.2 Å². The lowest BCUT2D eigenvalue weighted by Crippen LogP contribution is -2.13. The summed E-state index contributed by atoms with van der Waals surface area (Å²) in [7, 11) is 0. The van der Waals surface area contributed by atoms with Crippen LogP contribution < -0.4 is 5.73 Å². The van der Waals surface area contributed by atoms with Gasteiger partial charge >= 0.3 is 0 Å². The number of hydrogen-bond acceptors (Lipinski definition) is 4. The van der Waals surface area contributed by atoms with E-state index in [0.29, 0.717) is 39.6 Å². The highest BCUT2D eigenvalue weighted by molar-refractivity contribution is 4.34. The van der Waals surface area contributed by atoms with Gasteiger partial charge in [-0.05, 0) is 6.42 Å². The molecule has 0 aromatic rings. The molecule has 0 bridgehead atoms. The quantitative estimate of drug-likeness (QED) is 0.623. The van der Waals surface area contributed by atoms with Crippen LogP contribution in [0.25, 0.3) is 0 Å². The molecule has 0 fully saturated rings. The van der Waals surface area contributed by atoms with Gasteiger partial charge in [-0.2, -0.15) is 0 Å². The maximum Gasteiger partial charge on any atom is 0.0701 e. The molecule has 4 nitrogen and oxygen atoms in total. The predicted molar refractivity (Wildman–Crippen MR) is 85.8 cm³/mol. The van der Waals surface area contributed by atoms with Crippen molar-refractivity contribution >= 4 is 0 Å². The van der Waals surface area contributed by atoms with E-state index in [1.165, 1.54) is 0 Å². The zero-order chi connectivity index (χ0) is 15.8. The molecule has 0 aromatic carbocycles. The standard InChI is InChI=1S/C9H21NO3.3C2H6/c1-2-4-11-6-8-13-9-7-12-5-3-10;3*1-2/h2-10H2,1H3;3*1-2H3. The van der Waals surface area contributed by atoms with Gasteiger partial charge in [0.25, 0.3) is 0 Å². The van der Waals surface area contributed by atoms with Crippen LogP contribution in [0.5, 0.6) is 0 Å². The van der Waals surface area contributed by atoms with Crippen molar-refractivity contribution in [1.82, 2.24) is 0 Å². The van der Waals surface area contributed by atoms with E-state index in [1.54, 1.807) is 0 Å². The third kappa shape index (κ3) is 46.2. The summed E-state index contributed by atoms with van der Waals surface area (Å²) in [5.41, 5.74) is 5.24. The van der Waals surface area contributed by atoms with Gasteiger partial charge in [0.15, 0.2) is 0 Å². The van der Waals surface area contributed by atoms with Crippen molar-refractivity contribution in [2.75, 3.05) is 46.2 Å². The summed E-state index contributed by atoms with van der Waals surface area (Å²) in [4.78, 5) is 0. The lowest BCUT2D eigenvalue weighted by molar-refractivity contribution is 0.0161. The minimum absolute atomic E-state index is 0.569. The summed E-state index contributed by atoms with van der Waals surface area (Å²) >= 11 is 0. The van der Waals surface area contributed by atoms with E-state index in [2.05, 4.69) is 6.92 Å². The van der Waals surface area contributed by atoms with Crippen molar-refractivity contribution in [2.24, 2.45) is 5.73 Å². The maximum absolute atomic E-state index is 5.24. The third-order valence-corrected chi connectivity index (χ3v) is 1.35. The molecule has 0 aliphatic rings. The van der Waals surface area contributed by atoms with E-state index in [9.17, 15) is 0 Å². The maximum atomic E-state index is 5.24. The predicted octanol–water partition coefficient (Wildman–Crippen LogP) is 3.48. The van der Waals surface area contributed by atoms with Crippen LogP contribution in [0.3, 0.4) is 0 Å². The zero-order valence-corrected chi connectivity index (χ0v) is 14.5. The Morgan fingerprint density at radius 1 is 0.579 bits per heavy atom. The van der Waals surface area contributed by atoms with Crippen LogP contribution >= 0.6 is 0 Å². The first-order valence-electron chi connectivity index (χ1n) is 7.85. The van der Waals surface area contributed by atoms with Gasteiger partial charge in [0.1, 0.15) is 0 Å². The van der Waals surface area contributed by atoms with Gasteiger partial charge < -0.3 is 19.9 Å². The van der Waals surface area contributed by atoms with Crippen molar-refractivity contribution in [2.45, 2.75) is 54.9 Å². The Kier molecular flexibility index (Phi) is 61.7. The van der Waals surface area contributed by atoms with Crippen LogP contribution in [0.1, 0.15) is 54.9 Å². The zero-order valence-electron chi connectivity index (χ0n) is 14.5. The van der Waals surface area contributed by atoms with Crippen LogP contribution in [0.4, 0.5) is 0 Å². The molecule has 0 unspecified atom stereocenters. The first-order chi connectivity index (χ1) is 9.41. The SMILES string of the molecule is CC.CC.CC.CCCOCCOCCOCCN. The first kappa shape index (κ1) is 27.2. The molecule has 0 aliphatic carbocycles. The molecule has 0 aliphatic heterocycles. The molecule has 4 heteroatoms. The molecular formula is C15H39NO3. The van der Waals surface area contributed by atoms with E-state index < -0.39 is 0 Å². The fraction of sp³-hybridized carbons (Fsp3) is 1.00. The summed E-state index contributed by atoms with van der Waals surface area (Å²) < 4.78 is 15.6.